The maximum absolute atomic E-state index is 13.8. The molecular weight excluding hydrogens is 360 g/mol. The van der Waals surface area contributed by atoms with Crippen LogP contribution in [0.25, 0.3) is 0 Å². The summed E-state index contributed by atoms with van der Waals surface area (Å²) < 4.78 is 27.6. The van der Waals surface area contributed by atoms with E-state index >= 15 is 0 Å². The van der Waals surface area contributed by atoms with Gasteiger partial charge in [-0.15, -0.1) is 0 Å². The topological polar surface area (TPSA) is 45.2 Å². The van der Waals surface area contributed by atoms with Crippen molar-refractivity contribution in [1.29, 1.82) is 0 Å². The van der Waals surface area contributed by atoms with E-state index < -0.39 is 23.2 Å². The molecule has 0 aliphatic heterocycles. The van der Waals surface area contributed by atoms with Gasteiger partial charge in [0.25, 0.3) is 5.91 Å². The van der Waals surface area contributed by atoms with E-state index in [-0.39, 0.29) is 11.6 Å². The van der Waals surface area contributed by atoms with Gasteiger partial charge >= 0.3 is 0 Å². The van der Waals surface area contributed by atoms with Crippen LogP contribution in [0.1, 0.15) is 29.8 Å². The Morgan fingerprint density at radius 1 is 1.04 bits per heavy atom. The summed E-state index contributed by atoms with van der Waals surface area (Å²) in [6.45, 7) is 4.74. The van der Waals surface area contributed by atoms with Crippen LogP contribution < -0.4 is 10.2 Å². The molecule has 0 radical (unpaired) electrons. The molecule has 2 aromatic carbocycles. The molecular formula is C22H21F2N3O. The molecule has 0 unspecified atom stereocenters. The minimum Gasteiger partial charge on any atom is -0.364 e. The zero-order valence-corrected chi connectivity index (χ0v) is 15.7. The van der Waals surface area contributed by atoms with Gasteiger partial charge < -0.3 is 10.2 Å². The van der Waals surface area contributed by atoms with Gasteiger partial charge in [-0.05, 0) is 37.6 Å². The molecule has 0 aliphatic rings. The Labute approximate surface area is 162 Å². The summed E-state index contributed by atoms with van der Waals surface area (Å²) in [7, 11) is 0. The number of nitrogens with one attached hydrogen (secondary N) is 1. The number of benzene rings is 2. The predicted octanol–water partition coefficient (Wildman–Crippen LogP) is 5.03. The van der Waals surface area contributed by atoms with Crippen LogP contribution in [0.3, 0.4) is 0 Å². The second kappa shape index (κ2) is 8.61. The Morgan fingerprint density at radius 3 is 2.36 bits per heavy atom. The second-order valence-electron chi connectivity index (χ2n) is 6.69. The normalized spacial score (nSPS) is 10.8. The van der Waals surface area contributed by atoms with Gasteiger partial charge in [0.2, 0.25) is 0 Å². The zero-order chi connectivity index (χ0) is 20.1. The molecule has 1 heterocycles. The first-order valence-corrected chi connectivity index (χ1v) is 8.96. The van der Waals surface area contributed by atoms with Crippen molar-refractivity contribution in [2.24, 2.45) is 0 Å². The van der Waals surface area contributed by atoms with Crippen LogP contribution in [0.5, 0.6) is 0 Å². The zero-order valence-electron chi connectivity index (χ0n) is 15.7. The largest absolute Gasteiger partial charge is 0.364 e. The molecule has 3 rings (SSSR count). The van der Waals surface area contributed by atoms with Gasteiger partial charge in [0.1, 0.15) is 17.3 Å². The van der Waals surface area contributed by atoms with E-state index in [9.17, 15) is 13.6 Å². The number of pyridine rings is 1. The molecule has 4 nitrogen and oxygen atoms in total. The fraction of sp³-hybridized carbons (Fsp3) is 0.182. The van der Waals surface area contributed by atoms with E-state index in [0.29, 0.717) is 6.54 Å². The highest BCUT2D eigenvalue weighted by Crippen LogP contribution is 2.22. The number of halogens is 2. The summed E-state index contributed by atoms with van der Waals surface area (Å²) >= 11 is 0. The van der Waals surface area contributed by atoms with Crippen LogP contribution in [-0.4, -0.2) is 16.9 Å². The standard InChI is InChI=1S/C22H21F2N3O/c1-15(2)27(14-16-7-4-3-5-8-16)18-11-17(12-25-13-18)22(28)26-21-19(23)9-6-10-20(21)24/h3-13,15H,14H2,1-2H3,(H,26,28). The number of carbonyl (C=O) groups excluding carboxylic acids is 1. The highest BCUT2D eigenvalue weighted by molar-refractivity contribution is 6.04. The van der Waals surface area contributed by atoms with E-state index in [1.54, 1.807) is 12.3 Å². The van der Waals surface area contributed by atoms with Crippen LogP contribution in [0.15, 0.2) is 67.0 Å². The average Bonchev–Trinajstić information content (AvgIpc) is 2.69. The van der Waals surface area contributed by atoms with E-state index in [0.717, 1.165) is 23.4 Å². The minimum atomic E-state index is -0.828. The SMILES string of the molecule is CC(C)N(Cc1ccccc1)c1cncc(C(=O)Nc2c(F)cccc2F)c1. The van der Waals surface area contributed by atoms with Gasteiger partial charge in [-0.3, -0.25) is 9.78 Å². The first-order valence-electron chi connectivity index (χ1n) is 8.96. The number of aromatic nitrogens is 1. The molecule has 1 aromatic heterocycles. The van der Waals surface area contributed by atoms with Gasteiger partial charge in [0.15, 0.2) is 0 Å². The van der Waals surface area contributed by atoms with Crippen molar-refractivity contribution in [2.45, 2.75) is 26.4 Å². The first-order chi connectivity index (χ1) is 13.5. The molecule has 0 bridgehead atoms. The lowest BCUT2D eigenvalue weighted by atomic mass is 10.1. The first kappa shape index (κ1) is 19.5. The predicted molar refractivity (Wildman–Crippen MR) is 106 cm³/mol. The number of hydrogen-bond acceptors (Lipinski definition) is 3. The summed E-state index contributed by atoms with van der Waals surface area (Å²) in [5.74, 6) is -2.28. The Balaban J connectivity index is 1.84. The quantitative estimate of drug-likeness (QED) is 0.652. The molecule has 1 N–H and O–H groups in total. The summed E-state index contributed by atoms with van der Waals surface area (Å²) in [6, 6.07) is 15.2. The van der Waals surface area contributed by atoms with Gasteiger partial charge in [0.05, 0.1) is 17.4 Å². The van der Waals surface area contributed by atoms with Crippen LogP contribution in [0, 0.1) is 11.6 Å². The molecule has 0 saturated carbocycles. The van der Waals surface area contributed by atoms with E-state index in [4.69, 9.17) is 0 Å². The number of carbonyl (C=O) groups is 1. The summed E-state index contributed by atoms with van der Waals surface area (Å²) in [5.41, 5.74) is 1.63. The summed E-state index contributed by atoms with van der Waals surface area (Å²) in [4.78, 5) is 18.8. The van der Waals surface area contributed by atoms with E-state index in [2.05, 4.69) is 15.2 Å². The minimum absolute atomic E-state index is 0.157. The Morgan fingerprint density at radius 2 is 1.71 bits per heavy atom. The summed E-state index contributed by atoms with van der Waals surface area (Å²) in [6.07, 6.45) is 3.04. The van der Waals surface area contributed by atoms with Gasteiger partial charge in [-0.25, -0.2) is 8.78 Å². The number of hydrogen-bond donors (Lipinski definition) is 1. The lowest BCUT2D eigenvalue weighted by Gasteiger charge is -2.29. The monoisotopic (exact) mass is 381 g/mol. The number of anilines is 2. The number of nitrogens with zero attached hydrogens (tertiary/aromatic N) is 2. The van der Waals surface area contributed by atoms with Crippen LogP contribution in [0.2, 0.25) is 0 Å². The van der Waals surface area contributed by atoms with Crippen molar-refractivity contribution in [3.8, 4) is 0 Å². The van der Waals surface area contributed by atoms with Gasteiger partial charge in [0, 0.05) is 18.8 Å². The second-order valence-corrected chi connectivity index (χ2v) is 6.69. The van der Waals surface area contributed by atoms with Crippen LogP contribution in [0.4, 0.5) is 20.2 Å². The van der Waals surface area contributed by atoms with Crippen molar-refractivity contribution < 1.29 is 13.6 Å². The van der Waals surface area contributed by atoms with Crippen LogP contribution in [-0.2, 0) is 6.54 Å². The third-order valence-corrected chi connectivity index (χ3v) is 4.34. The molecule has 3 aromatic rings. The van der Waals surface area contributed by atoms with E-state index in [1.807, 2.05) is 44.2 Å². The maximum Gasteiger partial charge on any atom is 0.257 e. The lowest BCUT2D eigenvalue weighted by Crippen LogP contribution is -2.30. The molecule has 144 valence electrons. The maximum atomic E-state index is 13.8. The Bertz CT molecular complexity index is 941. The third-order valence-electron chi connectivity index (χ3n) is 4.34. The van der Waals surface area contributed by atoms with Crippen molar-refractivity contribution in [1.82, 2.24) is 4.98 Å². The molecule has 28 heavy (non-hydrogen) atoms. The average molecular weight is 381 g/mol. The van der Waals surface area contributed by atoms with Crippen molar-refractivity contribution in [2.75, 3.05) is 10.2 Å². The molecule has 1 amide bonds. The summed E-state index contributed by atoms with van der Waals surface area (Å²) in [5, 5.41) is 2.29. The molecule has 0 fully saturated rings. The third kappa shape index (κ3) is 4.52. The highest BCUT2D eigenvalue weighted by atomic mass is 19.1. The molecule has 6 heteroatoms. The van der Waals surface area contributed by atoms with E-state index in [1.165, 1.54) is 12.3 Å². The van der Waals surface area contributed by atoms with Crippen LogP contribution >= 0.6 is 0 Å². The number of para-hydroxylation sites is 1. The van der Waals surface area contributed by atoms with Gasteiger partial charge in [-0.1, -0.05) is 36.4 Å². The lowest BCUT2D eigenvalue weighted by molar-refractivity contribution is 0.102. The smallest absolute Gasteiger partial charge is 0.257 e. The molecule has 0 spiro atoms. The Kier molecular flexibility index (Phi) is 5.99. The molecule has 0 aliphatic carbocycles. The molecule has 0 saturated heterocycles. The Hall–Kier alpha value is -3.28. The molecule has 0 atom stereocenters. The van der Waals surface area contributed by atoms with Gasteiger partial charge in [-0.2, -0.15) is 0 Å². The van der Waals surface area contributed by atoms with Crippen molar-refractivity contribution in [3.05, 3.63) is 89.8 Å². The number of rotatable bonds is 6. The fourth-order valence-corrected chi connectivity index (χ4v) is 2.86. The van der Waals surface area contributed by atoms with Crippen molar-refractivity contribution in [3.63, 3.8) is 0 Å². The van der Waals surface area contributed by atoms with Crippen molar-refractivity contribution >= 4 is 17.3 Å². The number of amides is 1. The fourth-order valence-electron chi connectivity index (χ4n) is 2.86. The highest BCUT2D eigenvalue weighted by Gasteiger charge is 2.17.